The Balaban J connectivity index is 5.18. The van der Waals surface area contributed by atoms with Crippen LogP contribution in [0.1, 0.15) is 452 Å². The Morgan fingerprint density at radius 3 is 0.660 bits per heavy atom. The van der Waals surface area contributed by atoms with E-state index in [4.69, 9.17) is 37.0 Å². The fraction of sp³-hybridized carbons (Fsp3) is 0.952. The molecule has 0 heterocycles. The maximum Gasteiger partial charge on any atom is 0.472 e. The normalized spacial score (nSPS) is 13.8. The minimum absolute atomic E-state index is 0.106. The Morgan fingerprint density at radius 2 is 0.447 bits per heavy atom. The maximum atomic E-state index is 13.1. The van der Waals surface area contributed by atoms with E-state index in [1.165, 1.54) is 276 Å². The molecular formula is C84H164O17P2. The molecule has 3 N–H and O–H groups in total. The second-order valence-electron chi connectivity index (χ2n) is 30.7. The third-order valence-corrected chi connectivity index (χ3v) is 21.7. The van der Waals surface area contributed by atoms with Gasteiger partial charge >= 0.3 is 39.5 Å². The van der Waals surface area contributed by atoms with E-state index in [1.54, 1.807) is 0 Å². The van der Waals surface area contributed by atoms with Crippen molar-refractivity contribution < 1.29 is 80.2 Å². The average molecular weight is 1510 g/mol. The van der Waals surface area contributed by atoms with Gasteiger partial charge in [0.05, 0.1) is 26.4 Å². The van der Waals surface area contributed by atoms with Crippen LogP contribution in [0.25, 0.3) is 0 Å². The van der Waals surface area contributed by atoms with Gasteiger partial charge in [-0.15, -0.1) is 0 Å². The van der Waals surface area contributed by atoms with Gasteiger partial charge in [0.2, 0.25) is 0 Å². The first-order valence-corrected chi connectivity index (χ1v) is 46.6. The van der Waals surface area contributed by atoms with Gasteiger partial charge in [0.1, 0.15) is 19.3 Å². The summed E-state index contributed by atoms with van der Waals surface area (Å²) in [5, 5.41) is 10.6. The fourth-order valence-corrected chi connectivity index (χ4v) is 14.7. The first-order chi connectivity index (χ1) is 50.0. The van der Waals surface area contributed by atoms with Crippen LogP contribution in [0.4, 0.5) is 0 Å². The summed E-state index contributed by atoms with van der Waals surface area (Å²) < 4.78 is 68.7. The summed E-state index contributed by atoms with van der Waals surface area (Å²) in [5.41, 5.74) is 0. The summed E-state index contributed by atoms with van der Waals surface area (Å²) in [7, 11) is -9.92. The Hall–Kier alpha value is -1.94. The zero-order valence-corrected chi connectivity index (χ0v) is 69.3. The Kier molecular flexibility index (Phi) is 75.4. The molecule has 0 spiro atoms. The number of unbranched alkanes of at least 4 members (excludes halogenated alkanes) is 56. The van der Waals surface area contributed by atoms with E-state index in [-0.39, 0.29) is 25.7 Å². The molecule has 0 saturated carbocycles. The standard InChI is InChI=1S/C84H164O17P2/c1-6-9-12-15-18-21-23-25-27-29-31-33-35-37-39-41-43-48-53-58-63-68-82(87)95-74-80(100-83(88)69-64-59-54-49-44-42-40-38-36-34-32-30-28-26-24-22-19-16-13-10-7-2)76-99-103(92,93)97-72-78(85)71-96-102(90,91)98-75-79(73-94-81(86)67-62-57-52-46-20-17-14-11-8-3)101-84(89)70-65-60-55-50-45-47-51-56-61-66-77(4)5/h77-80,85H,6-76H2,1-5H3,(H,90,91)(H,92,93)/t78-,79+,80+/m0/s1. The lowest BCUT2D eigenvalue weighted by atomic mass is 10.0. The van der Waals surface area contributed by atoms with E-state index in [2.05, 4.69) is 34.6 Å². The van der Waals surface area contributed by atoms with Crippen molar-refractivity contribution in [2.24, 2.45) is 5.92 Å². The van der Waals surface area contributed by atoms with Crippen LogP contribution in [0.5, 0.6) is 0 Å². The summed E-state index contributed by atoms with van der Waals surface area (Å²) >= 11 is 0. The van der Waals surface area contributed by atoms with Gasteiger partial charge in [-0.2, -0.15) is 0 Å². The van der Waals surface area contributed by atoms with Crippen molar-refractivity contribution in [2.45, 2.75) is 470 Å². The molecule has 0 rings (SSSR count). The van der Waals surface area contributed by atoms with E-state index in [0.29, 0.717) is 25.7 Å². The molecule has 5 atom stereocenters. The van der Waals surface area contributed by atoms with Crippen LogP contribution < -0.4 is 0 Å². The minimum atomic E-state index is -4.96. The molecule has 19 heteroatoms. The van der Waals surface area contributed by atoms with Crippen LogP contribution in [0.2, 0.25) is 0 Å². The molecule has 0 bridgehead atoms. The van der Waals surface area contributed by atoms with Crippen molar-refractivity contribution in [1.82, 2.24) is 0 Å². The Labute approximate surface area is 632 Å². The number of esters is 4. The first-order valence-electron chi connectivity index (χ1n) is 43.6. The third-order valence-electron chi connectivity index (χ3n) is 19.8. The number of hydrogen-bond acceptors (Lipinski definition) is 15. The molecule has 0 aliphatic rings. The zero-order chi connectivity index (χ0) is 75.5. The molecule has 0 radical (unpaired) electrons. The third kappa shape index (κ3) is 78.0. The number of phosphoric ester groups is 2. The van der Waals surface area contributed by atoms with Crippen LogP contribution in [0, 0.1) is 5.92 Å². The molecular weight excluding hydrogens is 1340 g/mol. The molecule has 17 nitrogen and oxygen atoms in total. The quantitative estimate of drug-likeness (QED) is 0.0222. The predicted molar refractivity (Wildman–Crippen MR) is 423 cm³/mol. The predicted octanol–water partition coefficient (Wildman–Crippen LogP) is 25.6. The second-order valence-corrected chi connectivity index (χ2v) is 33.6. The van der Waals surface area contributed by atoms with E-state index in [9.17, 15) is 43.2 Å². The number of ether oxygens (including phenoxy) is 4. The van der Waals surface area contributed by atoms with Crippen molar-refractivity contribution in [3.8, 4) is 0 Å². The van der Waals surface area contributed by atoms with E-state index in [1.807, 2.05) is 0 Å². The van der Waals surface area contributed by atoms with E-state index in [0.717, 1.165) is 95.8 Å². The highest BCUT2D eigenvalue weighted by molar-refractivity contribution is 7.47. The van der Waals surface area contributed by atoms with Gasteiger partial charge in [0.25, 0.3) is 0 Å². The monoisotopic (exact) mass is 1510 g/mol. The number of carbonyl (C=O) groups excluding carboxylic acids is 4. The van der Waals surface area contributed by atoms with Gasteiger partial charge in [-0.1, -0.05) is 401 Å². The van der Waals surface area contributed by atoms with E-state index < -0.39 is 97.5 Å². The number of carbonyl (C=O) groups is 4. The van der Waals surface area contributed by atoms with Gasteiger partial charge in [0.15, 0.2) is 12.2 Å². The van der Waals surface area contributed by atoms with E-state index >= 15 is 0 Å². The molecule has 0 saturated heterocycles. The lowest BCUT2D eigenvalue weighted by molar-refractivity contribution is -0.161. The Bertz CT molecular complexity index is 1960. The Morgan fingerprint density at radius 1 is 0.262 bits per heavy atom. The highest BCUT2D eigenvalue weighted by Crippen LogP contribution is 2.45. The van der Waals surface area contributed by atoms with Crippen molar-refractivity contribution in [1.29, 1.82) is 0 Å². The number of hydrogen-bond donors (Lipinski definition) is 3. The van der Waals surface area contributed by atoms with Gasteiger partial charge in [-0.3, -0.25) is 37.3 Å². The summed E-state index contributed by atoms with van der Waals surface area (Å²) in [4.78, 5) is 73.0. The number of aliphatic hydroxyl groups excluding tert-OH is 1. The summed E-state index contributed by atoms with van der Waals surface area (Å²) in [6.45, 7) is 7.30. The van der Waals surface area contributed by atoms with Crippen LogP contribution in [0.15, 0.2) is 0 Å². The molecule has 2 unspecified atom stereocenters. The lowest BCUT2D eigenvalue weighted by Gasteiger charge is -2.21. The summed E-state index contributed by atoms with van der Waals surface area (Å²) in [6, 6.07) is 0. The summed E-state index contributed by atoms with van der Waals surface area (Å²) in [6.07, 6.45) is 69.7. The number of phosphoric acid groups is 2. The van der Waals surface area contributed by atoms with Crippen molar-refractivity contribution in [3.63, 3.8) is 0 Å². The van der Waals surface area contributed by atoms with Gasteiger partial charge in [-0.25, -0.2) is 9.13 Å². The van der Waals surface area contributed by atoms with Crippen LogP contribution in [0.3, 0.4) is 0 Å². The minimum Gasteiger partial charge on any atom is -0.462 e. The smallest absolute Gasteiger partial charge is 0.462 e. The zero-order valence-electron chi connectivity index (χ0n) is 67.5. The van der Waals surface area contributed by atoms with Gasteiger partial charge < -0.3 is 33.8 Å². The molecule has 0 aliphatic heterocycles. The van der Waals surface area contributed by atoms with Crippen LogP contribution >= 0.6 is 15.6 Å². The fourth-order valence-electron chi connectivity index (χ4n) is 13.1. The highest BCUT2D eigenvalue weighted by Gasteiger charge is 2.30. The maximum absolute atomic E-state index is 13.1. The van der Waals surface area contributed by atoms with Crippen molar-refractivity contribution >= 4 is 39.5 Å². The molecule has 103 heavy (non-hydrogen) atoms. The molecule has 0 amide bonds. The molecule has 612 valence electrons. The molecule has 0 aliphatic carbocycles. The largest absolute Gasteiger partial charge is 0.472 e. The van der Waals surface area contributed by atoms with Gasteiger partial charge in [-0.05, 0) is 31.6 Å². The molecule has 0 fully saturated rings. The van der Waals surface area contributed by atoms with Crippen LogP contribution in [-0.4, -0.2) is 96.7 Å². The average Bonchev–Trinajstić information content (AvgIpc) is 0.958. The molecule has 0 aromatic carbocycles. The van der Waals surface area contributed by atoms with Gasteiger partial charge in [0, 0.05) is 25.7 Å². The SMILES string of the molecule is CCCCCCCCCCCCCCCCCCCCCCCC(=O)OC[C@H](COP(=O)(O)OC[C@@H](O)COP(=O)(O)OC[C@@H](COC(=O)CCCCCCCCCCC)OC(=O)CCCCCCCCCCCC(C)C)OC(=O)CCCCCCCCCCCCCCCCCCCCCCC. The highest BCUT2D eigenvalue weighted by atomic mass is 31.2. The van der Waals surface area contributed by atoms with Crippen LogP contribution in [-0.2, 0) is 65.4 Å². The van der Waals surface area contributed by atoms with Crippen molar-refractivity contribution in [3.05, 3.63) is 0 Å². The molecule has 0 aromatic heterocycles. The topological polar surface area (TPSA) is 237 Å². The number of aliphatic hydroxyl groups is 1. The molecule has 0 aromatic rings. The first kappa shape index (κ1) is 101. The number of rotatable bonds is 84. The van der Waals surface area contributed by atoms with Crippen molar-refractivity contribution in [2.75, 3.05) is 39.6 Å². The summed E-state index contributed by atoms with van der Waals surface area (Å²) in [5.74, 6) is -1.37. The second kappa shape index (κ2) is 76.8. The lowest BCUT2D eigenvalue weighted by Crippen LogP contribution is -2.30.